The van der Waals surface area contributed by atoms with Gasteiger partial charge in [-0.1, -0.05) is 0 Å². The fourth-order valence-electron chi connectivity index (χ4n) is 3.31. The summed E-state index contributed by atoms with van der Waals surface area (Å²) >= 11 is 0. The second-order valence-corrected chi connectivity index (χ2v) is 6.24. The molecule has 6 nitrogen and oxygen atoms in total. The van der Waals surface area contributed by atoms with E-state index < -0.39 is 29.6 Å². The predicted molar refractivity (Wildman–Crippen MR) is 84.8 cm³/mol. The fourth-order valence-corrected chi connectivity index (χ4v) is 3.31. The summed E-state index contributed by atoms with van der Waals surface area (Å²) in [6.45, 7) is 1.41. The van der Waals surface area contributed by atoms with Crippen LogP contribution in [0.15, 0.2) is 18.2 Å². The number of carbonyl (C=O) groups excluding carboxylic acids is 2. The van der Waals surface area contributed by atoms with Crippen LogP contribution in [0.25, 0.3) is 0 Å². The molecule has 148 valence electrons. The quantitative estimate of drug-likeness (QED) is 0.621. The van der Waals surface area contributed by atoms with E-state index in [1.165, 1.54) is 16.7 Å². The van der Waals surface area contributed by atoms with Crippen LogP contribution in [0, 0.1) is 5.82 Å². The predicted octanol–water partition coefficient (Wildman–Crippen LogP) is 2.27. The van der Waals surface area contributed by atoms with E-state index in [0.717, 1.165) is 6.07 Å². The molecule has 0 saturated carbocycles. The first-order valence-corrected chi connectivity index (χ1v) is 8.16. The minimum Gasteiger partial charge on any atom is -0.483 e. The number of alkyl halides is 3. The fraction of sp³-hybridized carbons (Fsp3) is 0.471. The van der Waals surface area contributed by atoms with Gasteiger partial charge in [0.15, 0.2) is 0 Å². The van der Waals surface area contributed by atoms with E-state index in [1.807, 2.05) is 0 Å². The summed E-state index contributed by atoms with van der Waals surface area (Å²) < 4.78 is 52.3. The largest absolute Gasteiger partial charge is 0.483 e. The SMILES string of the molecule is C[C@H]1C(=O)N2CCC[C@@H]2C(=O)N1Cc1cc(C(F)(F)F)ccc1F.O=CO. The number of rotatable bonds is 2. The van der Waals surface area contributed by atoms with E-state index in [9.17, 15) is 27.2 Å². The number of nitrogens with zero attached hydrogens (tertiary/aromatic N) is 2. The highest BCUT2D eigenvalue weighted by atomic mass is 19.4. The van der Waals surface area contributed by atoms with Gasteiger partial charge in [0, 0.05) is 18.7 Å². The van der Waals surface area contributed by atoms with Crippen molar-refractivity contribution in [1.82, 2.24) is 9.80 Å². The monoisotopic (exact) mass is 390 g/mol. The number of carbonyl (C=O) groups is 3. The molecule has 2 heterocycles. The summed E-state index contributed by atoms with van der Waals surface area (Å²) in [7, 11) is 0. The van der Waals surface area contributed by atoms with E-state index in [2.05, 4.69) is 0 Å². The Morgan fingerprint density at radius 1 is 1.26 bits per heavy atom. The van der Waals surface area contributed by atoms with Crippen LogP contribution < -0.4 is 0 Å². The van der Waals surface area contributed by atoms with Crippen molar-refractivity contribution in [1.29, 1.82) is 0 Å². The van der Waals surface area contributed by atoms with Crippen LogP contribution >= 0.6 is 0 Å². The normalized spacial score (nSPS) is 22.3. The van der Waals surface area contributed by atoms with Gasteiger partial charge in [0.25, 0.3) is 6.47 Å². The van der Waals surface area contributed by atoms with Gasteiger partial charge in [0.2, 0.25) is 11.8 Å². The first-order valence-electron chi connectivity index (χ1n) is 8.16. The van der Waals surface area contributed by atoms with Gasteiger partial charge in [-0.3, -0.25) is 14.4 Å². The highest BCUT2D eigenvalue weighted by molar-refractivity contribution is 5.97. The highest BCUT2D eigenvalue weighted by Crippen LogP contribution is 2.32. The summed E-state index contributed by atoms with van der Waals surface area (Å²) in [4.78, 5) is 35.9. The molecule has 2 aliphatic heterocycles. The van der Waals surface area contributed by atoms with Crippen LogP contribution in [0.1, 0.15) is 30.9 Å². The van der Waals surface area contributed by atoms with Crippen LogP contribution in [0.4, 0.5) is 17.6 Å². The first-order chi connectivity index (χ1) is 12.6. The molecule has 27 heavy (non-hydrogen) atoms. The molecule has 0 spiro atoms. The third-order valence-corrected chi connectivity index (χ3v) is 4.64. The molecule has 0 radical (unpaired) electrons. The molecular formula is C17H18F4N2O4. The van der Waals surface area contributed by atoms with Crippen molar-refractivity contribution in [3.63, 3.8) is 0 Å². The maximum atomic E-state index is 13.9. The molecule has 2 fully saturated rings. The van der Waals surface area contributed by atoms with Crippen LogP contribution in [-0.4, -0.2) is 51.8 Å². The molecular weight excluding hydrogens is 372 g/mol. The molecule has 2 aliphatic rings. The molecule has 0 unspecified atom stereocenters. The Morgan fingerprint density at radius 2 is 1.89 bits per heavy atom. The van der Waals surface area contributed by atoms with Crippen molar-refractivity contribution in [3.05, 3.63) is 35.1 Å². The van der Waals surface area contributed by atoms with Gasteiger partial charge in [-0.2, -0.15) is 13.2 Å². The van der Waals surface area contributed by atoms with Crippen molar-refractivity contribution in [2.45, 2.75) is 44.6 Å². The van der Waals surface area contributed by atoms with E-state index in [-0.39, 0.29) is 30.4 Å². The van der Waals surface area contributed by atoms with Gasteiger partial charge < -0.3 is 14.9 Å². The summed E-state index contributed by atoms with van der Waals surface area (Å²) in [5.41, 5.74) is -1.23. The lowest BCUT2D eigenvalue weighted by molar-refractivity contribution is -0.159. The highest BCUT2D eigenvalue weighted by Gasteiger charge is 2.46. The lowest BCUT2D eigenvalue weighted by Gasteiger charge is -2.41. The molecule has 0 bridgehead atoms. The van der Waals surface area contributed by atoms with Gasteiger partial charge in [-0.15, -0.1) is 0 Å². The third-order valence-electron chi connectivity index (χ3n) is 4.64. The van der Waals surface area contributed by atoms with Gasteiger partial charge in [0.05, 0.1) is 5.56 Å². The van der Waals surface area contributed by atoms with E-state index in [0.29, 0.717) is 31.5 Å². The Labute approximate surface area is 152 Å². The Morgan fingerprint density at radius 3 is 2.48 bits per heavy atom. The second kappa shape index (κ2) is 7.93. The number of fused-ring (bicyclic) bond motifs is 1. The molecule has 0 aliphatic carbocycles. The molecule has 10 heteroatoms. The summed E-state index contributed by atoms with van der Waals surface area (Å²) in [5, 5.41) is 6.89. The summed E-state index contributed by atoms with van der Waals surface area (Å²) in [6.07, 6.45) is -3.36. The van der Waals surface area contributed by atoms with Crippen LogP contribution in [0.2, 0.25) is 0 Å². The molecule has 1 aromatic carbocycles. The molecule has 2 saturated heterocycles. The number of amides is 2. The average Bonchev–Trinajstić information content (AvgIpc) is 3.08. The standard InChI is InChI=1S/C16H16F4N2O2.CH2O2/c1-9-14(23)21-6-2-3-13(21)15(24)22(9)8-10-7-11(16(18,19)20)4-5-12(10)17;2-1-3/h4-5,7,9,13H,2-3,6,8H2,1H3;1H,(H,2,3)/t9-,13+;/m0./s1. The topological polar surface area (TPSA) is 77.9 Å². The molecule has 2 atom stereocenters. The number of halogens is 4. The van der Waals surface area contributed by atoms with Crippen molar-refractivity contribution < 1.29 is 37.1 Å². The van der Waals surface area contributed by atoms with Gasteiger partial charge >= 0.3 is 6.18 Å². The molecule has 3 rings (SSSR count). The van der Waals surface area contributed by atoms with E-state index >= 15 is 0 Å². The zero-order valence-corrected chi connectivity index (χ0v) is 14.4. The van der Waals surface area contributed by atoms with Crippen molar-refractivity contribution in [3.8, 4) is 0 Å². The molecule has 1 N–H and O–H groups in total. The third kappa shape index (κ3) is 4.20. The zero-order valence-electron chi connectivity index (χ0n) is 14.4. The Kier molecular flexibility index (Phi) is 6.07. The smallest absolute Gasteiger partial charge is 0.416 e. The number of hydrogen-bond donors (Lipinski definition) is 1. The van der Waals surface area contributed by atoms with Crippen molar-refractivity contribution >= 4 is 18.3 Å². The Balaban J connectivity index is 0.000000817. The average molecular weight is 390 g/mol. The van der Waals surface area contributed by atoms with Crippen LogP contribution in [-0.2, 0) is 27.1 Å². The van der Waals surface area contributed by atoms with E-state index in [1.54, 1.807) is 0 Å². The summed E-state index contributed by atoms with van der Waals surface area (Å²) in [5.74, 6) is -1.41. The van der Waals surface area contributed by atoms with Gasteiger partial charge in [0.1, 0.15) is 17.9 Å². The van der Waals surface area contributed by atoms with Crippen molar-refractivity contribution in [2.24, 2.45) is 0 Å². The molecule has 2 amide bonds. The maximum absolute atomic E-state index is 13.9. The molecule has 0 aromatic heterocycles. The number of piperazine rings is 1. The summed E-state index contributed by atoms with van der Waals surface area (Å²) in [6, 6.07) is 0.690. The lowest BCUT2D eigenvalue weighted by Crippen LogP contribution is -2.61. The first kappa shape index (κ1) is 20.7. The Hall–Kier alpha value is -2.65. The Bertz CT molecular complexity index is 738. The maximum Gasteiger partial charge on any atom is 0.416 e. The van der Waals surface area contributed by atoms with Gasteiger partial charge in [-0.05, 0) is 38.0 Å². The zero-order chi connectivity index (χ0) is 20.4. The number of benzene rings is 1. The van der Waals surface area contributed by atoms with Crippen LogP contribution in [0.5, 0.6) is 0 Å². The molecule has 1 aromatic rings. The lowest BCUT2D eigenvalue weighted by atomic mass is 10.0. The number of carboxylic acid groups (broad SMARTS) is 1. The van der Waals surface area contributed by atoms with Crippen molar-refractivity contribution in [2.75, 3.05) is 6.54 Å². The number of hydrogen-bond acceptors (Lipinski definition) is 3. The second-order valence-electron chi connectivity index (χ2n) is 6.24. The van der Waals surface area contributed by atoms with Gasteiger partial charge in [-0.25, -0.2) is 4.39 Å². The minimum absolute atomic E-state index is 0.246. The van der Waals surface area contributed by atoms with Crippen LogP contribution in [0.3, 0.4) is 0 Å². The minimum atomic E-state index is -4.60. The van der Waals surface area contributed by atoms with E-state index in [4.69, 9.17) is 9.90 Å².